The van der Waals surface area contributed by atoms with Gasteiger partial charge in [0.2, 0.25) is 0 Å². The van der Waals surface area contributed by atoms with Crippen LogP contribution in [-0.4, -0.2) is 25.7 Å². The van der Waals surface area contributed by atoms with E-state index in [1.807, 2.05) is 19.3 Å². The quantitative estimate of drug-likeness (QED) is 0.239. The van der Waals surface area contributed by atoms with Crippen molar-refractivity contribution in [1.29, 1.82) is 0 Å². The molecule has 7 heteroatoms. The molecule has 142 valence electrons. The SMILES string of the molecule is CCCCCn1c(SCC(=O)c2cccn2C)nc2cc(Cl)ccc2c1=O. The van der Waals surface area contributed by atoms with Gasteiger partial charge in [0.1, 0.15) is 0 Å². The van der Waals surface area contributed by atoms with Crippen LogP contribution in [0.4, 0.5) is 0 Å². The number of Topliss-reactive ketones (excluding diaryl/α,β-unsaturated/α-hetero) is 1. The lowest BCUT2D eigenvalue weighted by Gasteiger charge is -2.13. The summed E-state index contributed by atoms with van der Waals surface area (Å²) in [6.07, 6.45) is 4.85. The van der Waals surface area contributed by atoms with Gasteiger partial charge in [0.25, 0.3) is 5.56 Å². The first-order chi connectivity index (χ1) is 13.0. The molecule has 0 saturated carbocycles. The number of aryl methyl sites for hydroxylation is 1. The summed E-state index contributed by atoms with van der Waals surface area (Å²) in [5, 5.41) is 1.65. The first-order valence-electron chi connectivity index (χ1n) is 8.98. The van der Waals surface area contributed by atoms with Crippen LogP contribution in [0.2, 0.25) is 5.02 Å². The number of aromatic nitrogens is 3. The first kappa shape index (κ1) is 19.7. The van der Waals surface area contributed by atoms with Crippen molar-refractivity contribution in [1.82, 2.24) is 14.1 Å². The minimum absolute atomic E-state index is 0.00745. The monoisotopic (exact) mass is 403 g/mol. The summed E-state index contributed by atoms with van der Waals surface area (Å²) in [7, 11) is 1.84. The van der Waals surface area contributed by atoms with Crippen LogP contribution in [0.15, 0.2) is 46.5 Å². The Hall–Kier alpha value is -2.05. The highest BCUT2D eigenvalue weighted by Gasteiger charge is 2.15. The van der Waals surface area contributed by atoms with Crippen LogP contribution in [0.25, 0.3) is 10.9 Å². The van der Waals surface area contributed by atoms with Crippen LogP contribution in [0.1, 0.15) is 36.7 Å². The standard InChI is InChI=1S/C20H22ClN3O2S/c1-3-4-5-11-24-19(26)15-9-8-14(21)12-16(15)22-20(24)27-13-18(25)17-7-6-10-23(17)2/h6-10,12H,3-5,11,13H2,1-2H3. The smallest absolute Gasteiger partial charge is 0.262 e. The summed E-state index contributed by atoms with van der Waals surface area (Å²) in [4.78, 5) is 30.1. The lowest BCUT2D eigenvalue weighted by Crippen LogP contribution is -2.24. The minimum Gasteiger partial charge on any atom is -0.348 e. The number of halogens is 1. The average Bonchev–Trinajstić information content (AvgIpc) is 3.07. The van der Waals surface area contributed by atoms with Crippen molar-refractivity contribution in [3.05, 3.63) is 57.6 Å². The molecular weight excluding hydrogens is 382 g/mol. The highest BCUT2D eigenvalue weighted by atomic mass is 35.5. The molecule has 0 atom stereocenters. The molecule has 2 heterocycles. The van der Waals surface area contributed by atoms with E-state index >= 15 is 0 Å². The third-order valence-corrected chi connectivity index (χ3v) is 5.64. The Bertz CT molecular complexity index is 1030. The van der Waals surface area contributed by atoms with E-state index in [0.29, 0.717) is 33.3 Å². The van der Waals surface area contributed by atoms with Crippen LogP contribution in [-0.2, 0) is 13.6 Å². The Labute approximate surface area is 167 Å². The number of ketones is 1. The number of rotatable bonds is 8. The summed E-state index contributed by atoms with van der Waals surface area (Å²) in [6, 6.07) is 8.75. The van der Waals surface area contributed by atoms with Gasteiger partial charge in [-0.2, -0.15) is 0 Å². The number of unbranched alkanes of at least 4 members (excludes halogenated alkanes) is 2. The number of hydrogen-bond donors (Lipinski definition) is 0. The zero-order valence-corrected chi connectivity index (χ0v) is 17.0. The van der Waals surface area contributed by atoms with E-state index in [1.54, 1.807) is 33.4 Å². The molecule has 3 aromatic rings. The molecule has 27 heavy (non-hydrogen) atoms. The van der Waals surface area contributed by atoms with Gasteiger partial charge in [-0.05, 0) is 36.8 Å². The third-order valence-electron chi connectivity index (χ3n) is 4.43. The summed E-state index contributed by atoms with van der Waals surface area (Å²) in [6.45, 7) is 2.72. The third kappa shape index (κ3) is 4.45. The zero-order chi connectivity index (χ0) is 19.4. The highest BCUT2D eigenvalue weighted by Crippen LogP contribution is 2.22. The molecule has 3 rings (SSSR count). The van der Waals surface area contributed by atoms with E-state index in [-0.39, 0.29) is 17.1 Å². The van der Waals surface area contributed by atoms with Gasteiger partial charge in [0.15, 0.2) is 10.9 Å². The molecule has 2 aromatic heterocycles. The Kier molecular flexibility index (Phi) is 6.39. The van der Waals surface area contributed by atoms with Gasteiger partial charge in [0.05, 0.1) is 22.3 Å². The van der Waals surface area contributed by atoms with Crippen molar-refractivity contribution < 1.29 is 4.79 Å². The first-order valence-corrected chi connectivity index (χ1v) is 10.3. The van der Waals surface area contributed by atoms with E-state index in [4.69, 9.17) is 11.6 Å². The van der Waals surface area contributed by atoms with Gasteiger partial charge in [-0.1, -0.05) is 43.1 Å². The topological polar surface area (TPSA) is 56.9 Å². The fourth-order valence-corrected chi connectivity index (χ4v) is 4.02. The zero-order valence-electron chi connectivity index (χ0n) is 15.4. The van der Waals surface area contributed by atoms with Crippen LogP contribution in [0.5, 0.6) is 0 Å². The molecule has 0 aliphatic heterocycles. The lowest BCUT2D eigenvalue weighted by atomic mass is 10.2. The Morgan fingerprint density at radius 2 is 2.07 bits per heavy atom. The summed E-state index contributed by atoms with van der Waals surface area (Å²) >= 11 is 7.37. The molecule has 0 fully saturated rings. The van der Waals surface area contributed by atoms with E-state index in [9.17, 15) is 9.59 Å². The predicted molar refractivity (Wildman–Crippen MR) is 111 cm³/mol. The minimum atomic E-state index is -0.0819. The molecule has 0 aliphatic carbocycles. The molecule has 1 aromatic carbocycles. The molecule has 0 unspecified atom stereocenters. The van der Waals surface area contributed by atoms with Gasteiger partial charge in [-0.15, -0.1) is 0 Å². The second-order valence-electron chi connectivity index (χ2n) is 6.44. The number of carbonyl (C=O) groups is 1. The maximum Gasteiger partial charge on any atom is 0.262 e. The highest BCUT2D eigenvalue weighted by molar-refractivity contribution is 7.99. The number of thioether (sulfide) groups is 1. The lowest BCUT2D eigenvalue weighted by molar-refractivity contribution is 0.101. The van der Waals surface area contributed by atoms with Crippen molar-refractivity contribution in [3.63, 3.8) is 0 Å². The van der Waals surface area contributed by atoms with Crippen LogP contribution in [0.3, 0.4) is 0 Å². The Morgan fingerprint density at radius 1 is 1.26 bits per heavy atom. The van der Waals surface area contributed by atoms with E-state index in [2.05, 4.69) is 11.9 Å². The molecule has 0 bridgehead atoms. The van der Waals surface area contributed by atoms with Crippen molar-refractivity contribution >= 4 is 40.0 Å². The normalized spacial score (nSPS) is 11.2. The van der Waals surface area contributed by atoms with Crippen LogP contribution < -0.4 is 5.56 Å². The number of fused-ring (bicyclic) bond motifs is 1. The van der Waals surface area contributed by atoms with Gasteiger partial charge in [0, 0.05) is 24.8 Å². The maximum atomic E-state index is 13.0. The van der Waals surface area contributed by atoms with Gasteiger partial charge in [-0.25, -0.2) is 4.98 Å². The van der Waals surface area contributed by atoms with Crippen molar-refractivity contribution in [2.24, 2.45) is 7.05 Å². The fourth-order valence-electron chi connectivity index (χ4n) is 2.96. The molecule has 0 saturated heterocycles. The second-order valence-corrected chi connectivity index (χ2v) is 7.81. The van der Waals surface area contributed by atoms with Crippen molar-refractivity contribution in [2.45, 2.75) is 37.9 Å². The van der Waals surface area contributed by atoms with E-state index in [0.717, 1.165) is 19.3 Å². The maximum absolute atomic E-state index is 13.0. The molecule has 0 aliphatic rings. The number of hydrogen-bond acceptors (Lipinski definition) is 4. The van der Waals surface area contributed by atoms with Crippen LogP contribution in [0, 0.1) is 0 Å². The van der Waals surface area contributed by atoms with Crippen molar-refractivity contribution in [3.8, 4) is 0 Å². The van der Waals surface area contributed by atoms with Crippen molar-refractivity contribution in [2.75, 3.05) is 5.75 Å². The molecule has 0 N–H and O–H groups in total. The number of carbonyl (C=O) groups excluding carboxylic acids is 1. The van der Waals surface area contributed by atoms with Gasteiger partial charge >= 0.3 is 0 Å². The second kappa shape index (κ2) is 8.76. The number of nitrogens with zero attached hydrogens (tertiary/aromatic N) is 3. The fraction of sp³-hybridized carbons (Fsp3) is 0.350. The van der Waals surface area contributed by atoms with Gasteiger partial charge in [-0.3, -0.25) is 14.2 Å². The molecular formula is C20H22ClN3O2S. The molecule has 5 nitrogen and oxygen atoms in total. The average molecular weight is 404 g/mol. The number of benzene rings is 1. The summed E-state index contributed by atoms with van der Waals surface area (Å²) in [5.74, 6) is 0.234. The Balaban J connectivity index is 1.93. The molecule has 0 radical (unpaired) electrons. The van der Waals surface area contributed by atoms with E-state index < -0.39 is 0 Å². The Morgan fingerprint density at radius 3 is 2.78 bits per heavy atom. The molecule has 0 amide bonds. The molecule has 0 spiro atoms. The largest absolute Gasteiger partial charge is 0.348 e. The summed E-state index contributed by atoms with van der Waals surface area (Å²) < 4.78 is 3.49. The van der Waals surface area contributed by atoms with Gasteiger partial charge < -0.3 is 4.57 Å². The summed E-state index contributed by atoms with van der Waals surface area (Å²) in [5.41, 5.74) is 1.13. The van der Waals surface area contributed by atoms with E-state index in [1.165, 1.54) is 11.8 Å². The predicted octanol–water partition coefficient (Wildman–Crippen LogP) is 4.55. The van der Waals surface area contributed by atoms with Crippen LogP contribution >= 0.6 is 23.4 Å².